The van der Waals surface area contributed by atoms with Crippen molar-refractivity contribution in [1.29, 1.82) is 0 Å². The van der Waals surface area contributed by atoms with E-state index in [0.29, 0.717) is 36.4 Å². The van der Waals surface area contributed by atoms with Crippen molar-refractivity contribution in [3.8, 4) is 0 Å². The molecule has 110 valence electrons. The van der Waals surface area contributed by atoms with Gasteiger partial charge in [-0.1, -0.05) is 16.8 Å². The first-order valence-electron chi connectivity index (χ1n) is 6.43. The molecule has 0 aliphatic carbocycles. The van der Waals surface area contributed by atoms with Crippen LogP contribution in [0.15, 0.2) is 24.5 Å². The van der Waals surface area contributed by atoms with Gasteiger partial charge in [-0.05, 0) is 6.07 Å². The molecule has 0 radical (unpaired) electrons. The molecular formula is C13H12Cl2FN5. The topological polar surface area (TPSA) is 48.5 Å². The molecule has 2 aromatic heterocycles. The van der Waals surface area contributed by atoms with Crippen LogP contribution in [0, 0.1) is 5.82 Å². The van der Waals surface area contributed by atoms with Gasteiger partial charge in [0.05, 0.1) is 28.8 Å². The molecular weight excluding hydrogens is 316 g/mol. The number of hydrogen-bond donors (Lipinski definition) is 0. The molecule has 0 aliphatic heterocycles. The Morgan fingerprint density at radius 1 is 1.24 bits per heavy atom. The average Bonchev–Trinajstić information content (AvgIpc) is 3.06. The second kappa shape index (κ2) is 5.99. The number of halogens is 3. The van der Waals surface area contributed by atoms with Gasteiger partial charge in [-0.15, -0.1) is 16.7 Å². The zero-order valence-electron chi connectivity index (χ0n) is 11.0. The standard InChI is InChI=1S/C13H12Cl2FN5/c14-2-1-13-18-11-7-9(15)10(16)8-12(11)21(13)6-5-20-4-3-17-19-20/h3-4,7-8H,1-2,5-6H2. The summed E-state index contributed by atoms with van der Waals surface area (Å²) < 4.78 is 17.4. The number of aryl methyl sites for hydroxylation is 3. The van der Waals surface area contributed by atoms with Gasteiger partial charge in [-0.3, -0.25) is 4.68 Å². The van der Waals surface area contributed by atoms with E-state index in [1.807, 2.05) is 4.57 Å². The number of fused-ring (bicyclic) bond motifs is 1. The number of benzene rings is 1. The van der Waals surface area contributed by atoms with Gasteiger partial charge in [0, 0.05) is 31.1 Å². The lowest BCUT2D eigenvalue weighted by atomic mass is 10.3. The molecule has 8 heteroatoms. The summed E-state index contributed by atoms with van der Waals surface area (Å²) >= 11 is 11.6. The van der Waals surface area contributed by atoms with Crippen molar-refractivity contribution in [2.45, 2.75) is 19.5 Å². The summed E-state index contributed by atoms with van der Waals surface area (Å²) in [6.45, 7) is 1.22. The number of rotatable bonds is 5. The minimum Gasteiger partial charge on any atom is -0.326 e. The highest BCUT2D eigenvalue weighted by Gasteiger charge is 2.13. The van der Waals surface area contributed by atoms with E-state index in [9.17, 15) is 4.39 Å². The molecule has 0 aliphatic rings. The number of nitrogens with zero attached hydrogens (tertiary/aromatic N) is 5. The lowest BCUT2D eigenvalue weighted by Gasteiger charge is -2.08. The predicted octanol–water partition coefficient (Wildman–Crippen LogP) is 2.90. The van der Waals surface area contributed by atoms with Crippen LogP contribution in [0.1, 0.15) is 5.82 Å². The van der Waals surface area contributed by atoms with Gasteiger partial charge < -0.3 is 4.57 Å². The van der Waals surface area contributed by atoms with Crippen LogP contribution in [-0.2, 0) is 19.5 Å². The second-order valence-corrected chi connectivity index (χ2v) is 5.32. The normalized spacial score (nSPS) is 11.4. The van der Waals surface area contributed by atoms with Crippen molar-refractivity contribution < 1.29 is 4.39 Å². The van der Waals surface area contributed by atoms with Crippen LogP contribution in [0.3, 0.4) is 0 Å². The molecule has 0 spiro atoms. The summed E-state index contributed by atoms with van der Waals surface area (Å²) in [5.41, 5.74) is 1.37. The van der Waals surface area contributed by atoms with E-state index in [1.165, 1.54) is 12.1 Å². The minimum absolute atomic E-state index is 0.0702. The Kier molecular flexibility index (Phi) is 4.07. The summed E-state index contributed by atoms with van der Waals surface area (Å²) in [5, 5.41) is 7.74. The Morgan fingerprint density at radius 2 is 2.10 bits per heavy atom. The van der Waals surface area contributed by atoms with Gasteiger partial charge in [-0.25, -0.2) is 9.37 Å². The molecule has 0 N–H and O–H groups in total. The van der Waals surface area contributed by atoms with Crippen LogP contribution in [0.2, 0.25) is 5.02 Å². The quantitative estimate of drug-likeness (QED) is 0.677. The van der Waals surface area contributed by atoms with Crippen LogP contribution < -0.4 is 0 Å². The summed E-state index contributed by atoms with van der Waals surface area (Å²) in [6.07, 6.45) is 4.00. The van der Waals surface area contributed by atoms with Crippen molar-refractivity contribution in [3.05, 3.63) is 41.2 Å². The first kappa shape index (κ1) is 14.3. The van der Waals surface area contributed by atoms with Gasteiger partial charge in [0.25, 0.3) is 0 Å². The Balaban J connectivity index is 2.00. The summed E-state index contributed by atoms with van der Waals surface area (Å²) in [5.74, 6) is 0.799. The highest BCUT2D eigenvalue weighted by Crippen LogP contribution is 2.24. The van der Waals surface area contributed by atoms with Gasteiger partial charge in [-0.2, -0.15) is 0 Å². The second-order valence-electron chi connectivity index (χ2n) is 4.54. The molecule has 21 heavy (non-hydrogen) atoms. The van der Waals surface area contributed by atoms with E-state index in [1.54, 1.807) is 17.1 Å². The summed E-state index contributed by atoms with van der Waals surface area (Å²) in [7, 11) is 0. The van der Waals surface area contributed by atoms with Gasteiger partial charge in [0.2, 0.25) is 0 Å². The Hall–Kier alpha value is -1.66. The lowest BCUT2D eigenvalue weighted by Crippen LogP contribution is -2.11. The molecule has 0 atom stereocenters. The van der Waals surface area contributed by atoms with Crippen LogP contribution in [0.4, 0.5) is 4.39 Å². The fourth-order valence-electron chi connectivity index (χ4n) is 2.25. The molecule has 3 rings (SSSR count). The molecule has 0 fully saturated rings. The van der Waals surface area contributed by atoms with Gasteiger partial charge >= 0.3 is 0 Å². The molecule has 0 unspecified atom stereocenters. The smallest absolute Gasteiger partial charge is 0.144 e. The minimum atomic E-state index is -0.455. The summed E-state index contributed by atoms with van der Waals surface area (Å²) in [4.78, 5) is 4.49. The molecule has 0 amide bonds. The number of aromatic nitrogens is 5. The first-order chi connectivity index (χ1) is 10.2. The zero-order chi connectivity index (χ0) is 14.8. The third-order valence-electron chi connectivity index (χ3n) is 3.21. The zero-order valence-corrected chi connectivity index (χ0v) is 12.5. The highest BCUT2D eigenvalue weighted by molar-refractivity contribution is 6.31. The monoisotopic (exact) mass is 327 g/mol. The molecule has 5 nitrogen and oxygen atoms in total. The van der Waals surface area contributed by atoms with Crippen molar-refractivity contribution in [2.75, 3.05) is 5.88 Å². The molecule has 0 bridgehead atoms. The molecule has 1 aromatic carbocycles. The van der Waals surface area contributed by atoms with E-state index < -0.39 is 5.82 Å². The van der Waals surface area contributed by atoms with Crippen molar-refractivity contribution >= 4 is 34.2 Å². The Morgan fingerprint density at radius 3 is 2.81 bits per heavy atom. The third kappa shape index (κ3) is 2.87. The number of alkyl halides is 1. The number of imidazole rings is 1. The number of hydrogen-bond acceptors (Lipinski definition) is 3. The Bertz CT molecular complexity index is 754. The largest absolute Gasteiger partial charge is 0.326 e. The van der Waals surface area contributed by atoms with E-state index in [2.05, 4.69) is 15.3 Å². The van der Waals surface area contributed by atoms with E-state index in [4.69, 9.17) is 23.2 Å². The predicted molar refractivity (Wildman–Crippen MR) is 79.1 cm³/mol. The maximum absolute atomic E-state index is 13.7. The maximum Gasteiger partial charge on any atom is 0.144 e. The fourth-order valence-corrected chi connectivity index (χ4v) is 2.58. The SMILES string of the molecule is Fc1cc2c(cc1Cl)nc(CCCl)n2CCn1ccnn1. The van der Waals surface area contributed by atoms with Crippen LogP contribution in [-0.4, -0.2) is 30.4 Å². The maximum atomic E-state index is 13.7. The van der Waals surface area contributed by atoms with E-state index >= 15 is 0 Å². The molecule has 0 saturated heterocycles. The lowest BCUT2D eigenvalue weighted by molar-refractivity contribution is 0.516. The van der Waals surface area contributed by atoms with Crippen molar-refractivity contribution in [1.82, 2.24) is 24.5 Å². The van der Waals surface area contributed by atoms with E-state index in [0.717, 1.165) is 5.82 Å². The first-order valence-corrected chi connectivity index (χ1v) is 7.34. The highest BCUT2D eigenvalue weighted by atomic mass is 35.5. The molecule has 2 heterocycles. The molecule has 0 saturated carbocycles. The van der Waals surface area contributed by atoms with Crippen molar-refractivity contribution in [3.63, 3.8) is 0 Å². The van der Waals surface area contributed by atoms with Crippen LogP contribution in [0.25, 0.3) is 11.0 Å². The van der Waals surface area contributed by atoms with Crippen molar-refractivity contribution in [2.24, 2.45) is 0 Å². The van der Waals surface area contributed by atoms with E-state index in [-0.39, 0.29) is 5.02 Å². The van der Waals surface area contributed by atoms with Crippen LogP contribution >= 0.6 is 23.2 Å². The molecule has 3 aromatic rings. The van der Waals surface area contributed by atoms with Gasteiger partial charge in [0.15, 0.2) is 0 Å². The fraction of sp³-hybridized carbons (Fsp3) is 0.308. The summed E-state index contributed by atoms with van der Waals surface area (Å²) in [6, 6.07) is 2.94. The van der Waals surface area contributed by atoms with Crippen LogP contribution in [0.5, 0.6) is 0 Å². The average molecular weight is 328 g/mol. The Labute approximate surface area is 130 Å². The third-order valence-corrected chi connectivity index (χ3v) is 3.69. The van der Waals surface area contributed by atoms with Gasteiger partial charge in [0.1, 0.15) is 11.6 Å².